The summed E-state index contributed by atoms with van der Waals surface area (Å²) in [6.45, 7) is 5.84. The Bertz CT molecular complexity index is 775. The van der Waals surface area contributed by atoms with Crippen LogP contribution >= 0.6 is 23.4 Å². The maximum absolute atomic E-state index is 12.4. The molecule has 1 N–H and O–H groups in total. The summed E-state index contributed by atoms with van der Waals surface area (Å²) in [5.41, 5.74) is 3.89. The van der Waals surface area contributed by atoms with Crippen molar-refractivity contribution in [3.8, 4) is 0 Å². The highest BCUT2D eigenvalue weighted by Gasteiger charge is 2.24. The van der Waals surface area contributed by atoms with Crippen LogP contribution in [-0.2, 0) is 17.1 Å². The second-order valence-corrected chi connectivity index (χ2v) is 9.05. The summed E-state index contributed by atoms with van der Waals surface area (Å²) < 4.78 is 0. The molecule has 0 spiro atoms. The van der Waals surface area contributed by atoms with Crippen molar-refractivity contribution in [3.63, 3.8) is 0 Å². The van der Waals surface area contributed by atoms with Crippen molar-refractivity contribution in [3.05, 3.63) is 70.2 Å². The van der Waals surface area contributed by atoms with Crippen molar-refractivity contribution in [2.24, 2.45) is 5.92 Å². The first-order chi connectivity index (χ1) is 13.6. The molecule has 3 rings (SSSR count). The molecule has 1 fully saturated rings. The summed E-state index contributed by atoms with van der Waals surface area (Å²) in [6, 6.07) is 16.6. The Kier molecular flexibility index (Phi) is 8.26. The lowest BCUT2D eigenvalue weighted by Crippen LogP contribution is -2.40. The Morgan fingerprint density at radius 3 is 2.64 bits per heavy atom. The molecule has 2 aromatic rings. The third-order valence-corrected chi connectivity index (χ3v) is 6.42. The van der Waals surface area contributed by atoms with Crippen LogP contribution in [0, 0.1) is 12.8 Å². The van der Waals surface area contributed by atoms with Gasteiger partial charge in [0.25, 0.3) is 0 Å². The van der Waals surface area contributed by atoms with Crippen LogP contribution in [0.15, 0.2) is 48.5 Å². The number of halogens is 1. The van der Waals surface area contributed by atoms with Crippen molar-refractivity contribution in [1.82, 2.24) is 10.2 Å². The van der Waals surface area contributed by atoms with Crippen molar-refractivity contribution in [2.45, 2.75) is 32.1 Å². The number of likely N-dealkylation sites (tertiary alicyclic amines) is 1. The third kappa shape index (κ3) is 6.84. The maximum atomic E-state index is 12.4. The molecule has 150 valence electrons. The van der Waals surface area contributed by atoms with Crippen LogP contribution in [-0.4, -0.2) is 36.2 Å². The predicted octanol–water partition coefficient (Wildman–Crippen LogP) is 4.91. The molecule has 5 heteroatoms. The van der Waals surface area contributed by atoms with Gasteiger partial charge in [-0.05, 0) is 56.1 Å². The third-order valence-electron chi connectivity index (χ3n) is 5.15. The van der Waals surface area contributed by atoms with Crippen LogP contribution in [0.5, 0.6) is 0 Å². The van der Waals surface area contributed by atoms with Crippen LogP contribution in [0.4, 0.5) is 0 Å². The van der Waals surface area contributed by atoms with Gasteiger partial charge < -0.3 is 5.32 Å². The number of hydrogen-bond donors (Lipinski definition) is 1. The lowest BCUT2D eigenvalue weighted by Gasteiger charge is -2.31. The van der Waals surface area contributed by atoms with E-state index in [1.807, 2.05) is 30.0 Å². The van der Waals surface area contributed by atoms with E-state index >= 15 is 0 Å². The summed E-state index contributed by atoms with van der Waals surface area (Å²) in [7, 11) is 0. The molecule has 1 aliphatic rings. The summed E-state index contributed by atoms with van der Waals surface area (Å²) in [6.07, 6.45) is 1.90. The molecule has 0 atom stereocenters. The number of carbonyl (C=O) groups excluding carboxylic acids is 1. The fourth-order valence-corrected chi connectivity index (χ4v) is 4.65. The lowest BCUT2D eigenvalue weighted by atomic mass is 9.95. The smallest absolute Gasteiger partial charge is 0.223 e. The fourth-order valence-electron chi connectivity index (χ4n) is 3.63. The first-order valence-corrected chi connectivity index (χ1v) is 11.5. The normalized spacial score (nSPS) is 15.5. The molecule has 28 heavy (non-hydrogen) atoms. The van der Waals surface area contributed by atoms with E-state index in [-0.39, 0.29) is 11.8 Å². The van der Waals surface area contributed by atoms with E-state index in [9.17, 15) is 4.79 Å². The molecule has 0 radical (unpaired) electrons. The van der Waals surface area contributed by atoms with Crippen molar-refractivity contribution in [1.29, 1.82) is 0 Å². The van der Waals surface area contributed by atoms with Gasteiger partial charge in [-0.15, -0.1) is 0 Å². The van der Waals surface area contributed by atoms with E-state index < -0.39 is 0 Å². The monoisotopic (exact) mass is 416 g/mol. The summed E-state index contributed by atoms with van der Waals surface area (Å²) in [4.78, 5) is 14.9. The minimum Gasteiger partial charge on any atom is -0.355 e. The SMILES string of the molecule is Cc1cccc(CN2CCC(C(=O)NCCSCc3cccc(Cl)c3)CC2)c1. The molecule has 2 aromatic carbocycles. The zero-order valence-corrected chi connectivity index (χ0v) is 18.1. The molecular weight excluding hydrogens is 388 g/mol. The van der Waals surface area contributed by atoms with E-state index in [0.717, 1.165) is 55.5 Å². The van der Waals surface area contributed by atoms with Gasteiger partial charge in [0.1, 0.15) is 0 Å². The molecular formula is C23H29ClN2OS. The van der Waals surface area contributed by atoms with Crippen LogP contribution in [0.3, 0.4) is 0 Å². The van der Waals surface area contributed by atoms with Gasteiger partial charge in [0.05, 0.1) is 0 Å². The van der Waals surface area contributed by atoms with Gasteiger partial charge in [-0.25, -0.2) is 0 Å². The quantitative estimate of drug-likeness (QED) is 0.620. The Labute approximate surface area is 177 Å². The Hall–Kier alpha value is -1.49. The van der Waals surface area contributed by atoms with Crippen molar-refractivity contribution < 1.29 is 4.79 Å². The molecule has 0 bridgehead atoms. The lowest BCUT2D eigenvalue weighted by molar-refractivity contribution is -0.126. The van der Waals surface area contributed by atoms with Crippen LogP contribution in [0.2, 0.25) is 5.02 Å². The highest BCUT2D eigenvalue weighted by atomic mass is 35.5. The number of rotatable bonds is 8. The van der Waals surface area contributed by atoms with Crippen LogP contribution < -0.4 is 5.32 Å². The number of carbonyl (C=O) groups is 1. The Balaban J connectivity index is 1.30. The van der Waals surface area contributed by atoms with E-state index in [4.69, 9.17) is 11.6 Å². The maximum Gasteiger partial charge on any atom is 0.223 e. The van der Waals surface area contributed by atoms with Crippen LogP contribution in [0.1, 0.15) is 29.5 Å². The average Bonchev–Trinajstić information content (AvgIpc) is 2.68. The standard InChI is InChI=1S/C23H29ClN2OS/c1-18-4-2-5-19(14-18)16-26-11-8-21(9-12-26)23(27)25-10-13-28-17-20-6-3-7-22(24)15-20/h2-7,14-15,21H,8-13,16-17H2,1H3,(H,25,27). The summed E-state index contributed by atoms with van der Waals surface area (Å²) >= 11 is 7.83. The zero-order chi connectivity index (χ0) is 19.8. The molecule has 1 heterocycles. The number of hydrogen-bond acceptors (Lipinski definition) is 3. The summed E-state index contributed by atoms with van der Waals surface area (Å²) in [5, 5.41) is 3.90. The van der Waals surface area contributed by atoms with Gasteiger partial charge in [-0.1, -0.05) is 53.6 Å². The number of thioether (sulfide) groups is 1. The zero-order valence-electron chi connectivity index (χ0n) is 16.5. The first kappa shape index (κ1) is 21.2. The van der Waals surface area contributed by atoms with E-state index in [1.165, 1.54) is 16.7 Å². The second kappa shape index (κ2) is 10.9. The van der Waals surface area contributed by atoms with E-state index in [1.54, 1.807) is 0 Å². The Morgan fingerprint density at radius 1 is 1.14 bits per heavy atom. The largest absolute Gasteiger partial charge is 0.355 e. The molecule has 0 aromatic heterocycles. The van der Waals surface area contributed by atoms with E-state index in [0.29, 0.717) is 0 Å². The topological polar surface area (TPSA) is 32.3 Å². The molecule has 0 unspecified atom stereocenters. The van der Waals surface area contributed by atoms with Crippen molar-refractivity contribution in [2.75, 3.05) is 25.4 Å². The molecule has 1 saturated heterocycles. The second-order valence-electron chi connectivity index (χ2n) is 7.51. The van der Waals surface area contributed by atoms with Crippen LogP contribution in [0.25, 0.3) is 0 Å². The van der Waals surface area contributed by atoms with Gasteiger partial charge >= 0.3 is 0 Å². The van der Waals surface area contributed by atoms with Gasteiger partial charge in [-0.3, -0.25) is 9.69 Å². The minimum atomic E-state index is 0.159. The van der Waals surface area contributed by atoms with Crippen molar-refractivity contribution >= 4 is 29.3 Å². The minimum absolute atomic E-state index is 0.159. The van der Waals surface area contributed by atoms with Gasteiger partial charge in [0.15, 0.2) is 0 Å². The molecule has 0 aliphatic carbocycles. The number of piperidine rings is 1. The van der Waals surface area contributed by atoms with E-state index in [2.05, 4.69) is 47.5 Å². The number of amides is 1. The number of aryl methyl sites for hydroxylation is 1. The van der Waals surface area contributed by atoms with Gasteiger partial charge in [0.2, 0.25) is 5.91 Å². The number of benzene rings is 2. The Morgan fingerprint density at radius 2 is 1.89 bits per heavy atom. The molecule has 1 aliphatic heterocycles. The molecule has 0 saturated carbocycles. The first-order valence-electron chi connectivity index (χ1n) is 9.98. The molecule has 1 amide bonds. The highest BCUT2D eigenvalue weighted by Crippen LogP contribution is 2.20. The van der Waals surface area contributed by atoms with Gasteiger partial charge in [-0.2, -0.15) is 11.8 Å². The number of nitrogens with zero attached hydrogens (tertiary/aromatic N) is 1. The molecule has 3 nitrogen and oxygen atoms in total. The summed E-state index contributed by atoms with van der Waals surface area (Å²) in [5.74, 6) is 2.23. The highest BCUT2D eigenvalue weighted by molar-refractivity contribution is 7.98. The van der Waals surface area contributed by atoms with Gasteiger partial charge in [0, 0.05) is 35.5 Å². The fraction of sp³-hybridized carbons (Fsp3) is 0.435. The average molecular weight is 417 g/mol. The predicted molar refractivity (Wildman–Crippen MR) is 120 cm³/mol. The number of nitrogens with one attached hydrogen (secondary N) is 1.